The van der Waals surface area contributed by atoms with E-state index in [2.05, 4.69) is 0 Å². The summed E-state index contributed by atoms with van der Waals surface area (Å²) in [6.07, 6.45) is 2.83. The molecule has 0 amide bonds. The van der Waals surface area contributed by atoms with E-state index in [1.807, 2.05) is 6.92 Å². The Hall–Kier alpha value is -0.130. The molecule has 0 aliphatic carbocycles. The maximum atomic E-state index is 12.2. The molecule has 17 heavy (non-hydrogen) atoms. The summed E-state index contributed by atoms with van der Waals surface area (Å²) in [5.74, 6) is -0.216. The number of nitrogens with zero attached hydrogens (tertiary/aromatic N) is 1. The van der Waals surface area contributed by atoms with Crippen LogP contribution in [0.1, 0.15) is 40.0 Å². The van der Waals surface area contributed by atoms with Gasteiger partial charge in [-0.3, -0.25) is 4.79 Å². The van der Waals surface area contributed by atoms with E-state index in [4.69, 9.17) is 11.6 Å². The van der Waals surface area contributed by atoms with Crippen molar-refractivity contribution in [3.63, 3.8) is 0 Å². The molecule has 0 aromatic rings. The third-order valence-corrected chi connectivity index (χ3v) is 6.03. The summed E-state index contributed by atoms with van der Waals surface area (Å²) in [6, 6.07) is 0.0231. The van der Waals surface area contributed by atoms with Crippen molar-refractivity contribution in [2.75, 3.05) is 12.3 Å². The molecule has 1 saturated heterocycles. The summed E-state index contributed by atoms with van der Waals surface area (Å²) in [7, 11) is -3.41. The molecule has 1 unspecified atom stereocenters. The largest absolute Gasteiger partial charge is 0.281 e. The zero-order valence-corrected chi connectivity index (χ0v) is 12.1. The highest BCUT2D eigenvalue weighted by Crippen LogP contribution is 2.27. The number of piperidine rings is 1. The topological polar surface area (TPSA) is 54.5 Å². The first-order valence-electron chi connectivity index (χ1n) is 5.86. The van der Waals surface area contributed by atoms with Gasteiger partial charge in [0.2, 0.25) is 15.3 Å². The lowest BCUT2D eigenvalue weighted by Crippen LogP contribution is -2.46. The molecule has 6 heteroatoms. The third-order valence-electron chi connectivity index (χ3n) is 3.17. The van der Waals surface area contributed by atoms with Crippen LogP contribution in [-0.2, 0) is 14.8 Å². The van der Waals surface area contributed by atoms with E-state index in [-0.39, 0.29) is 11.8 Å². The fourth-order valence-electron chi connectivity index (χ4n) is 2.08. The number of carbonyl (C=O) groups excluding carboxylic acids is 1. The van der Waals surface area contributed by atoms with E-state index in [9.17, 15) is 13.2 Å². The summed E-state index contributed by atoms with van der Waals surface area (Å²) < 4.78 is 26.0. The minimum Gasteiger partial charge on any atom is -0.281 e. The summed E-state index contributed by atoms with van der Waals surface area (Å²) in [4.78, 5) is 11.2. The van der Waals surface area contributed by atoms with Crippen LogP contribution in [0.5, 0.6) is 0 Å². The first-order valence-corrected chi connectivity index (χ1v) is 7.85. The second-order valence-electron chi connectivity index (χ2n) is 5.37. The molecule has 1 rings (SSSR count). The van der Waals surface area contributed by atoms with Gasteiger partial charge in [-0.25, -0.2) is 8.42 Å². The predicted octanol–water partition coefficient (Wildman–Crippen LogP) is 1.98. The average molecular weight is 282 g/mol. The minimum absolute atomic E-state index is 0.0231. The molecular formula is C11H20ClNO3S. The zero-order valence-electron chi connectivity index (χ0n) is 10.6. The Morgan fingerprint density at radius 2 is 2.00 bits per heavy atom. The average Bonchev–Trinajstić information content (AvgIpc) is 2.16. The summed E-state index contributed by atoms with van der Waals surface area (Å²) in [5.41, 5.74) is -1.03. The first kappa shape index (κ1) is 14.9. The van der Waals surface area contributed by atoms with Crippen LogP contribution < -0.4 is 0 Å². The molecular weight excluding hydrogens is 262 g/mol. The lowest BCUT2D eigenvalue weighted by molar-refractivity contribution is -0.118. The second-order valence-corrected chi connectivity index (χ2v) is 7.63. The molecule has 100 valence electrons. The van der Waals surface area contributed by atoms with Crippen LogP contribution in [-0.4, -0.2) is 36.3 Å². The molecule has 1 fully saturated rings. The lowest BCUT2D eigenvalue weighted by Gasteiger charge is -2.34. The molecule has 0 radical (unpaired) electrons. The van der Waals surface area contributed by atoms with Crippen molar-refractivity contribution >= 4 is 26.9 Å². The van der Waals surface area contributed by atoms with Crippen LogP contribution in [0.15, 0.2) is 0 Å². The van der Waals surface area contributed by atoms with Crippen LogP contribution in [0.4, 0.5) is 0 Å². The molecule has 0 bridgehead atoms. The SMILES string of the molecule is CC1CCCCN1S(=O)(=O)CC(C)(C)C(=O)Cl. The molecule has 0 aromatic carbocycles. The maximum Gasteiger partial charge on any atom is 0.228 e. The zero-order chi connectivity index (χ0) is 13.3. The second kappa shape index (κ2) is 5.24. The Balaban J connectivity index is 2.84. The van der Waals surface area contributed by atoms with Crippen molar-refractivity contribution in [3.8, 4) is 0 Å². The summed E-state index contributed by atoms with van der Waals surface area (Å²) in [5, 5.41) is -0.606. The van der Waals surface area contributed by atoms with E-state index < -0.39 is 20.7 Å². The number of hydrogen-bond acceptors (Lipinski definition) is 3. The molecule has 1 aliphatic heterocycles. The van der Waals surface area contributed by atoms with Gasteiger partial charge in [0.15, 0.2) is 0 Å². The van der Waals surface area contributed by atoms with Gasteiger partial charge in [0.25, 0.3) is 0 Å². The van der Waals surface area contributed by atoms with E-state index in [0.717, 1.165) is 19.3 Å². The van der Waals surface area contributed by atoms with Gasteiger partial charge in [0, 0.05) is 12.6 Å². The highest BCUT2D eigenvalue weighted by atomic mass is 35.5. The Morgan fingerprint density at radius 1 is 1.41 bits per heavy atom. The highest BCUT2D eigenvalue weighted by Gasteiger charge is 2.37. The van der Waals surface area contributed by atoms with Gasteiger partial charge in [0.05, 0.1) is 11.2 Å². The monoisotopic (exact) mass is 281 g/mol. The normalized spacial score (nSPS) is 23.6. The van der Waals surface area contributed by atoms with E-state index in [0.29, 0.717) is 6.54 Å². The quantitative estimate of drug-likeness (QED) is 0.741. The molecule has 1 heterocycles. The van der Waals surface area contributed by atoms with E-state index in [1.165, 1.54) is 4.31 Å². The first-order chi connectivity index (χ1) is 7.67. The molecule has 1 atom stereocenters. The van der Waals surface area contributed by atoms with Crippen LogP contribution in [0.3, 0.4) is 0 Å². The van der Waals surface area contributed by atoms with Crippen molar-refractivity contribution in [2.24, 2.45) is 5.41 Å². The molecule has 0 saturated carbocycles. The molecule has 1 aliphatic rings. The van der Waals surface area contributed by atoms with Crippen LogP contribution in [0, 0.1) is 5.41 Å². The van der Waals surface area contributed by atoms with Crippen molar-refractivity contribution in [3.05, 3.63) is 0 Å². The van der Waals surface area contributed by atoms with Gasteiger partial charge in [0.1, 0.15) is 0 Å². The molecule has 0 N–H and O–H groups in total. The van der Waals surface area contributed by atoms with Crippen LogP contribution in [0.2, 0.25) is 0 Å². The predicted molar refractivity (Wildman–Crippen MR) is 68.4 cm³/mol. The van der Waals surface area contributed by atoms with Gasteiger partial charge in [-0.1, -0.05) is 20.3 Å². The van der Waals surface area contributed by atoms with Crippen molar-refractivity contribution in [1.29, 1.82) is 0 Å². The highest BCUT2D eigenvalue weighted by molar-refractivity contribution is 7.89. The van der Waals surface area contributed by atoms with Gasteiger partial charge in [-0.15, -0.1) is 0 Å². The number of rotatable bonds is 4. The number of carbonyl (C=O) groups is 1. The fourth-order valence-corrected chi connectivity index (χ4v) is 4.50. The Kier molecular flexibility index (Phi) is 4.60. The van der Waals surface area contributed by atoms with Crippen molar-refractivity contribution in [2.45, 2.75) is 46.1 Å². The molecule has 0 aromatic heterocycles. The van der Waals surface area contributed by atoms with Gasteiger partial charge < -0.3 is 0 Å². The van der Waals surface area contributed by atoms with Crippen molar-refractivity contribution < 1.29 is 13.2 Å². The smallest absolute Gasteiger partial charge is 0.228 e. The number of hydrogen-bond donors (Lipinski definition) is 0. The van der Waals surface area contributed by atoms with Crippen LogP contribution in [0.25, 0.3) is 0 Å². The van der Waals surface area contributed by atoms with Crippen LogP contribution >= 0.6 is 11.6 Å². The third kappa shape index (κ3) is 3.66. The van der Waals surface area contributed by atoms with Crippen molar-refractivity contribution in [1.82, 2.24) is 4.31 Å². The molecule has 0 spiro atoms. The minimum atomic E-state index is -3.41. The van der Waals surface area contributed by atoms with E-state index >= 15 is 0 Å². The Labute approximate surface area is 108 Å². The number of sulfonamides is 1. The van der Waals surface area contributed by atoms with Gasteiger partial charge in [-0.05, 0) is 31.4 Å². The van der Waals surface area contributed by atoms with Gasteiger partial charge >= 0.3 is 0 Å². The van der Waals surface area contributed by atoms with E-state index in [1.54, 1.807) is 13.8 Å². The number of halogens is 1. The van der Waals surface area contributed by atoms with Gasteiger partial charge in [-0.2, -0.15) is 4.31 Å². The Bertz CT molecular complexity index is 392. The summed E-state index contributed by atoms with van der Waals surface area (Å²) >= 11 is 5.43. The standard InChI is InChI=1S/C11H20ClNO3S/c1-9-6-4-5-7-13(9)17(15,16)8-11(2,3)10(12)14/h9H,4-8H2,1-3H3. The lowest BCUT2D eigenvalue weighted by atomic mass is 9.99. The fraction of sp³-hybridized carbons (Fsp3) is 0.909. The maximum absolute atomic E-state index is 12.2. The summed E-state index contributed by atoms with van der Waals surface area (Å²) in [6.45, 7) is 5.59. The molecule has 4 nitrogen and oxygen atoms in total. The Morgan fingerprint density at radius 3 is 2.47 bits per heavy atom.